The zero-order valence-electron chi connectivity index (χ0n) is 11.1. The number of carboxylic acid groups (broad SMARTS) is 1. The van der Waals surface area contributed by atoms with Crippen molar-refractivity contribution in [2.24, 2.45) is 7.05 Å². The number of carboxylic acids is 1. The molecule has 5 nitrogen and oxygen atoms in total. The smallest absolute Gasteiger partial charge is 0.321 e. The second kappa shape index (κ2) is 6.67. The van der Waals surface area contributed by atoms with E-state index in [4.69, 9.17) is 0 Å². The standard InChI is InChI=1S/C14H16BrN3O2/c1-18-9-11(8-17-18)7-16-13(14(19)20)6-10-3-2-4-12(15)5-10/h2-5,8-9,13,16H,6-7H2,1H3,(H,19,20). The van der Waals surface area contributed by atoms with Crippen molar-refractivity contribution in [3.8, 4) is 0 Å². The van der Waals surface area contributed by atoms with Gasteiger partial charge in [0.05, 0.1) is 6.20 Å². The summed E-state index contributed by atoms with van der Waals surface area (Å²) < 4.78 is 2.65. The van der Waals surface area contributed by atoms with Crippen LogP contribution in [0.1, 0.15) is 11.1 Å². The SMILES string of the molecule is Cn1cc(CNC(Cc2cccc(Br)c2)C(=O)O)cn1. The van der Waals surface area contributed by atoms with Crippen LogP contribution in [0.25, 0.3) is 0 Å². The maximum absolute atomic E-state index is 11.3. The quantitative estimate of drug-likeness (QED) is 0.845. The minimum Gasteiger partial charge on any atom is -0.480 e. The number of rotatable bonds is 6. The average molecular weight is 338 g/mol. The molecule has 0 aliphatic carbocycles. The van der Waals surface area contributed by atoms with Gasteiger partial charge in [-0.25, -0.2) is 0 Å². The lowest BCUT2D eigenvalue weighted by Crippen LogP contribution is -2.38. The molecular formula is C14H16BrN3O2. The molecule has 106 valence electrons. The van der Waals surface area contributed by atoms with Gasteiger partial charge in [-0.3, -0.25) is 14.8 Å². The Kier molecular flexibility index (Phi) is 4.92. The minimum absolute atomic E-state index is 0.440. The molecule has 2 rings (SSSR count). The Bertz CT molecular complexity index is 598. The molecule has 1 unspecified atom stereocenters. The van der Waals surface area contributed by atoms with E-state index in [1.807, 2.05) is 37.5 Å². The number of nitrogens with one attached hydrogen (secondary N) is 1. The van der Waals surface area contributed by atoms with E-state index in [1.165, 1.54) is 0 Å². The Labute approximate surface area is 125 Å². The van der Waals surface area contributed by atoms with E-state index in [9.17, 15) is 9.90 Å². The number of aliphatic carboxylic acids is 1. The molecule has 0 saturated heterocycles. The number of carbonyl (C=O) groups is 1. The van der Waals surface area contributed by atoms with E-state index in [2.05, 4.69) is 26.3 Å². The highest BCUT2D eigenvalue weighted by atomic mass is 79.9. The van der Waals surface area contributed by atoms with E-state index >= 15 is 0 Å². The highest BCUT2D eigenvalue weighted by Crippen LogP contribution is 2.13. The fraction of sp³-hybridized carbons (Fsp3) is 0.286. The number of hydrogen-bond acceptors (Lipinski definition) is 3. The molecule has 0 fully saturated rings. The zero-order valence-corrected chi connectivity index (χ0v) is 12.7. The molecule has 1 aromatic heterocycles. The van der Waals surface area contributed by atoms with Gasteiger partial charge in [-0.05, 0) is 24.1 Å². The first-order chi connectivity index (χ1) is 9.54. The summed E-state index contributed by atoms with van der Waals surface area (Å²) in [6, 6.07) is 7.06. The molecule has 2 aromatic rings. The van der Waals surface area contributed by atoms with E-state index < -0.39 is 12.0 Å². The predicted octanol–water partition coefficient (Wildman–Crippen LogP) is 1.97. The Morgan fingerprint density at radius 3 is 2.90 bits per heavy atom. The van der Waals surface area contributed by atoms with Crippen LogP contribution < -0.4 is 5.32 Å². The van der Waals surface area contributed by atoms with Crippen LogP contribution >= 0.6 is 15.9 Å². The van der Waals surface area contributed by atoms with Gasteiger partial charge in [-0.1, -0.05) is 28.1 Å². The van der Waals surface area contributed by atoms with Gasteiger partial charge in [-0.2, -0.15) is 5.10 Å². The molecular weight excluding hydrogens is 322 g/mol. The molecule has 0 spiro atoms. The van der Waals surface area contributed by atoms with E-state index in [0.717, 1.165) is 15.6 Å². The molecule has 0 amide bonds. The summed E-state index contributed by atoms with van der Waals surface area (Å²) in [4.78, 5) is 11.3. The third-order valence-electron chi connectivity index (χ3n) is 2.94. The monoisotopic (exact) mass is 337 g/mol. The summed E-state index contributed by atoms with van der Waals surface area (Å²) in [6.45, 7) is 0.485. The third-order valence-corrected chi connectivity index (χ3v) is 3.43. The second-order valence-electron chi connectivity index (χ2n) is 4.63. The molecule has 20 heavy (non-hydrogen) atoms. The first-order valence-electron chi connectivity index (χ1n) is 6.23. The summed E-state index contributed by atoms with van der Waals surface area (Å²) in [5.74, 6) is -0.853. The van der Waals surface area contributed by atoms with E-state index in [0.29, 0.717) is 13.0 Å². The Balaban J connectivity index is 1.98. The Morgan fingerprint density at radius 1 is 1.50 bits per heavy atom. The van der Waals surface area contributed by atoms with Crippen molar-refractivity contribution in [3.05, 3.63) is 52.3 Å². The van der Waals surface area contributed by atoms with Gasteiger partial charge in [0.2, 0.25) is 0 Å². The fourth-order valence-corrected chi connectivity index (χ4v) is 2.40. The van der Waals surface area contributed by atoms with Crippen LogP contribution in [-0.2, 0) is 24.8 Å². The average Bonchev–Trinajstić information content (AvgIpc) is 2.80. The topological polar surface area (TPSA) is 67.2 Å². The van der Waals surface area contributed by atoms with Gasteiger partial charge >= 0.3 is 5.97 Å². The van der Waals surface area contributed by atoms with E-state index in [-0.39, 0.29) is 0 Å². The van der Waals surface area contributed by atoms with Crippen LogP contribution in [0.3, 0.4) is 0 Å². The number of halogens is 1. The van der Waals surface area contributed by atoms with Crippen molar-refractivity contribution >= 4 is 21.9 Å². The van der Waals surface area contributed by atoms with E-state index in [1.54, 1.807) is 10.9 Å². The van der Waals surface area contributed by atoms with Gasteiger partial charge in [0.1, 0.15) is 6.04 Å². The van der Waals surface area contributed by atoms with Crippen LogP contribution in [0, 0.1) is 0 Å². The lowest BCUT2D eigenvalue weighted by molar-refractivity contribution is -0.139. The van der Waals surface area contributed by atoms with Crippen LogP contribution in [-0.4, -0.2) is 26.9 Å². The molecule has 6 heteroatoms. The molecule has 0 saturated carbocycles. The maximum Gasteiger partial charge on any atom is 0.321 e. The van der Waals surface area contributed by atoms with Crippen molar-refractivity contribution in [1.29, 1.82) is 0 Å². The molecule has 0 bridgehead atoms. The lowest BCUT2D eigenvalue weighted by atomic mass is 10.1. The molecule has 0 radical (unpaired) electrons. The first kappa shape index (κ1) is 14.7. The van der Waals surface area contributed by atoms with Crippen molar-refractivity contribution in [1.82, 2.24) is 15.1 Å². The molecule has 2 N–H and O–H groups in total. The molecule has 0 aliphatic rings. The second-order valence-corrected chi connectivity index (χ2v) is 5.54. The largest absolute Gasteiger partial charge is 0.480 e. The number of nitrogens with zero attached hydrogens (tertiary/aromatic N) is 2. The number of aromatic nitrogens is 2. The molecule has 0 aliphatic heterocycles. The predicted molar refractivity (Wildman–Crippen MR) is 79.3 cm³/mol. The number of aryl methyl sites for hydroxylation is 1. The van der Waals surface area contributed by atoms with Gasteiger partial charge in [0.25, 0.3) is 0 Å². The fourth-order valence-electron chi connectivity index (χ4n) is 1.95. The van der Waals surface area contributed by atoms with Crippen molar-refractivity contribution < 1.29 is 9.90 Å². The Hall–Kier alpha value is -1.66. The van der Waals surface area contributed by atoms with Gasteiger partial charge < -0.3 is 5.11 Å². The number of hydrogen-bond donors (Lipinski definition) is 2. The van der Waals surface area contributed by atoms with Crippen molar-refractivity contribution in [2.75, 3.05) is 0 Å². The third kappa shape index (κ3) is 4.18. The normalized spacial score (nSPS) is 12.3. The summed E-state index contributed by atoms with van der Waals surface area (Å²) in [6.07, 6.45) is 4.03. The summed E-state index contributed by atoms with van der Waals surface area (Å²) in [5, 5.41) is 16.4. The molecule has 1 heterocycles. The van der Waals surface area contributed by atoms with Gasteiger partial charge in [-0.15, -0.1) is 0 Å². The maximum atomic E-state index is 11.3. The summed E-state index contributed by atoms with van der Waals surface area (Å²) >= 11 is 3.39. The Morgan fingerprint density at radius 2 is 2.30 bits per heavy atom. The van der Waals surface area contributed by atoms with Crippen LogP contribution in [0.5, 0.6) is 0 Å². The highest BCUT2D eigenvalue weighted by Gasteiger charge is 2.17. The molecule has 1 atom stereocenters. The first-order valence-corrected chi connectivity index (χ1v) is 7.02. The number of benzene rings is 1. The van der Waals surface area contributed by atoms with Crippen LogP contribution in [0.4, 0.5) is 0 Å². The summed E-state index contributed by atoms with van der Waals surface area (Å²) in [7, 11) is 1.83. The minimum atomic E-state index is -0.853. The van der Waals surface area contributed by atoms with Crippen molar-refractivity contribution in [3.63, 3.8) is 0 Å². The van der Waals surface area contributed by atoms with Crippen molar-refractivity contribution in [2.45, 2.75) is 19.0 Å². The van der Waals surface area contributed by atoms with Crippen LogP contribution in [0.15, 0.2) is 41.1 Å². The zero-order chi connectivity index (χ0) is 14.5. The highest BCUT2D eigenvalue weighted by molar-refractivity contribution is 9.10. The molecule has 1 aromatic carbocycles. The lowest BCUT2D eigenvalue weighted by Gasteiger charge is -2.14. The van der Waals surface area contributed by atoms with Gasteiger partial charge in [0, 0.05) is 29.8 Å². The van der Waals surface area contributed by atoms with Crippen LogP contribution in [0.2, 0.25) is 0 Å². The van der Waals surface area contributed by atoms with Gasteiger partial charge in [0.15, 0.2) is 0 Å². The summed E-state index contributed by atoms with van der Waals surface area (Å²) in [5.41, 5.74) is 1.94.